The van der Waals surface area contributed by atoms with Gasteiger partial charge in [0.05, 0.1) is 5.02 Å². The molecule has 1 aliphatic carbocycles. The first-order chi connectivity index (χ1) is 9.20. The van der Waals surface area contributed by atoms with Crippen molar-refractivity contribution in [2.75, 3.05) is 13.1 Å². The first kappa shape index (κ1) is 12.9. The fourth-order valence-electron chi connectivity index (χ4n) is 3.44. The molecule has 3 rings (SSSR count). The molecule has 1 saturated carbocycles. The van der Waals surface area contributed by atoms with Gasteiger partial charge in [-0.15, -0.1) is 0 Å². The van der Waals surface area contributed by atoms with Gasteiger partial charge in [0.15, 0.2) is 0 Å². The summed E-state index contributed by atoms with van der Waals surface area (Å²) in [6, 6.07) is 0. The Labute approximate surface area is 118 Å². The standard InChI is InChI=1S/C14H18ClN3O/c15-11-8-16-10-17-12(11)13(19)18-7-6-14(9-18)4-2-1-3-5-14/h8,10H,1-7,9H2. The van der Waals surface area contributed by atoms with Crippen molar-refractivity contribution in [1.82, 2.24) is 14.9 Å². The zero-order valence-corrected chi connectivity index (χ0v) is 11.7. The van der Waals surface area contributed by atoms with Gasteiger partial charge in [-0.05, 0) is 24.7 Å². The van der Waals surface area contributed by atoms with Crippen molar-refractivity contribution in [3.8, 4) is 0 Å². The molecular weight excluding hydrogens is 262 g/mol. The summed E-state index contributed by atoms with van der Waals surface area (Å²) in [5.41, 5.74) is 0.706. The number of hydrogen-bond acceptors (Lipinski definition) is 3. The van der Waals surface area contributed by atoms with E-state index in [2.05, 4.69) is 9.97 Å². The van der Waals surface area contributed by atoms with Crippen LogP contribution in [0, 0.1) is 5.41 Å². The molecule has 1 aromatic heterocycles. The third-order valence-corrected chi connectivity index (χ3v) is 4.79. The SMILES string of the molecule is O=C(c1ncncc1Cl)N1CCC2(CCCCC2)C1. The Kier molecular flexibility index (Phi) is 3.44. The van der Waals surface area contributed by atoms with Gasteiger partial charge >= 0.3 is 0 Å². The number of carbonyl (C=O) groups is 1. The van der Waals surface area contributed by atoms with E-state index in [9.17, 15) is 4.79 Å². The maximum atomic E-state index is 12.4. The van der Waals surface area contributed by atoms with Crippen molar-refractivity contribution in [1.29, 1.82) is 0 Å². The molecule has 4 nitrogen and oxygen atoms in total. The highest BCUT2D eigenvalue weighted by molar-refractivity contribution is 6.33. The van der Waals surface area contributed by atoms with E-state index in [1.54, 1.807) is 0 Å². The Hall–Kier alpha value is -1.16. The molecule has 2 heterocycles. The molecule has 2 aliphatic rings. The number of carbonyl (C=O) groups excluding carboxylic acids is 1. The molecule has 0 radical (unpaired) electrons. The van der Waals surface area contributed by atoms with E-state index >= 15 is 0 Å². The minimum Gasteiger partial charge on any atom is -0.337 e. The monoisotopic (exact) mass is 279 g/mol. The van der Waals surface area contributed by atoms with E-state index < -0.39 is 0 Å². The highest BCUT2D eigenvalue weighted by Gasteiger charge is 2.41. The summed E-state index contributed by atoms with van der Waals surface area (Å²) in [5, 5.41) is 0.345. The third kappa shape index (κ3) is 2.46. The average molecular weight is 280 g/mol. The summed E-state index contributed by atoms with van der Waals surface area (Å²) in [7, 11) is 0. The summed E-state index contributed by atoms with van der Waals surface area (Å²) in [5.74, 6) is -0.0464. The number of aromatic nitrogens is 2. The minimum absolute atomic E-state index is 0.0464. The smallest absolute Gasteiger partial charge is 0.274 e. The fourth-order valence-corrected chi connectivity index (χ4v) is 3.62. The summed E-state index contributed by atoms with van der Waals surface area (Å²) in [4.78, 5) is 22.2. The number of rotatable bonds is 1. The number of likely N-dealkylation sites (tertiary alicyclic amines) is 1. The van der Waals surface area contributed by atoms with Crippen LogP contribution in [-0.4, -0.2) is 33.9 Å². The van der Waals surface area contributed by atoms with Crippen molar-refractivity contribution >= 4 is 17.5 Å². The van der Waals surface area contributed by atoms with Gasteiger partial charge in [0.2, 0.25) is 0 Å². The normalized spacial score (nSPS) is 21.8. The van der Waals surface area contributed by atoms with Crippen molar-refractivity contribution in [2.45, 2.75) is 38.5 Å². The maximum absolute atomic E-state index is 12.4. The van der Waals surface area contributed by atoms with Crippen molar-refractivity contribution in [2.24, 2.45) is 5.41 Å². The van der Waals surface area contributed by atoms with Gasteiger partial charge in [0.25, 0.3) is 5.91 Å². The van der Waals surface area contributed by atoms with Gasteiger partial charge in [0, 0.05) is 19.3 Å². The summed E-state index contributed by atoms with van der Waals surface area (Å²) in [6.45, 7) is 1.70. The Morgan fingerprint density at radius 3 is 2.79 bits per heavy atom. The van der Waals surface area contributed by atoms with E-state index in [1.165, 1.54) is 44.6 Å². The fraction of sp³-hybridized carbons (Fsp3) is 0.643. The van der Waals surface area contributed by atoms with Gasteiger partial charge in [-0.2, -0.15) is 0 Å². The lowest BCUT2D eigenvalue weighted by molar-refractivity contribution is 0.0753. The van der Waals surface area contributed by atoms with Gasteiger partial charge in [-0.25, -0.2) is 9.97 Å². The highest BCUT2D eigenvalue weighted by atomic mass is 35.5. The molecule has 1 spiro atoms. The Morgan fingerprint density at radius 1 is 1.26 bits per heavy atom. The number of halogens is 1. The predicted octanol–water partition coefficient (Wildman–Crippen LogP) is 2.93. The molecule has 1 aliphatic heterocycles. The first-order valence-electron chi connectivity index (χ1n) is 6.95. The Morgan fingerprint density at radius 2 is 2.05 bits per heavy atom. The van der Waals surface area contributed by atoms with Crippen LogP contribution in [0.5, 0.6) is 0 Å². The number of nitrogens with zero attached hydrogens (tertiary/aromatic N) is 3. The average Bonchev–Trinajstić information content (AvgIpc) is 2.83. The van der Waals surface area contributed by atoms with Crippen LogP contribution in [0.15, 0.2) is 12.5 Å². The van der Waals surface area contributed by atoms with Crippen LogP contribution in [0.1, 0.15) is 49.0 Å². The molecule has 1 amide bonds. The summed E-state index contributed by atoms with van der Waals surface area (Å²) >= 11 is 6.00. The van der Waals surface area contributed by atoms with Crippen LogP contribution < -0.4 is 0 Å². The second kappa shape index (κ2) is 5.08. The molecule has 0 bridgehead atoms. The van der Waals surface area contributed by atoms with Crippen LogP contribution in [0.3, 0.4) is 0 Å². The molecule has 19 heavy (non-hydrogen) atoms. The maximum Gasteiger partial charge on any atom is 0.274 e. The molecule has 0 unspecified atom stereocenters. The van der Waals surface area contributed by atoms with Gasteiger partial charge in [-0.1, -0.05) is 30.9 Å². The molecule has 102 valence electrons. The van der Waals surface area contributed by atoms with Crippen LogP contribution >= 0.6 is 11.6 Å². The second-order valence-electron chi connectivity index (χ2n) is 5.76. The molecular formula is C14H18ClN3O. The summed E-state index contributed by atoms with van der Waals surface area (Å²) < 4.78 is 0. The van der Waals surface area contributed by atoms with E-state index in [-0.39, 0.29) is 5.91 Å². The van der Waals surface area contributed by atoms with Crippen LogP contribution in [0.4, 0.5) is 0 Å². The van der Waals surface area contributed by atoms with Crippen LogP contribution in [0.25, 0.3) is 0 Å². The lowest BCUT2D eigenvalue weighted by Gasteiger charge is -2.33. The highest BCUT2D eigenvalue weighted by Crippen LogP contribution is 2.43. The van der Waals surface area contributed by atoms with Gasteiger partial charge < -0.3 is 4.90 Å². The molecule has 0 N–H and O–H groups in total. The largest absolute Gasteiger partial charge is 0.337 e. The first-order valence-corrected chi connectivity index (χ1v) is 7.33. The predicted molar refractivity (Wildman–Crippen MR) is 73.1 cm³/mol. The van der Waals surface area contributed by atoms with E-state index in [4.69, 9.17) is 11.6 Å². The zero-order chi connectivity index (χ0) is 13.3. The quantitative estimate of drug-likeness (QED) is 0.794. The van der Waals surface area contributed by atoms with E-state index in [0.29, 0.717) is 16.1 Å². The van der Waals surface area contributed by atoms with Crippen molar-refractivity contribution in [3.05, 3.63) is 23.2 Å². The van der Waals surface area contributed by atoms with Crippen LogP contribution in [-0.2, 0) is 0 Å². The number of amides is 1. The van der Waals surface area contributed by atoms with Gasteiger partial charge in [0.1, 0.15) is 12.0 Å². The lowest BCUT2D eigenvalue weighted by atomic mass is 9.73. The topological polar surface area (TPSA) is 46.1 Å². The molecule has 5 heteroatoms. The van der Waals surface area contributed by atoms with Crippen molar-refractivity contribution in [3.63, 3.8) is 0 Å². The van der Waals surface area contributed by atoms with Crippen LogP contribution in [0.2, 0.25) is 5.02 Å². The molecule has 0 aromatic carbocycles. The van der Waals surface area contributed by atoms with Gasteiger partial charge in [-0.3, -0.25) is 4.79 Å². The Bertz CT molecular complexity index is 485. The minimum atomic E-state index is -0.0464. The second-order valence-corrected chi connectivity index (χ2v) is 6.16. The van der Waals surface area contributed by atoms with Crippen molar-refractivity contribution < 1.29 is 4.79 Å². The Balaban J connectivity index is 1.74. The van der Waals surface area contributed by atoms with E-state index in [0.717, 1.165) is 19.5 Å². The number of hydrogen-bond donors (Lipinski definition) is 0. The zero-order valence-electron chi connectivity index (χ0n) is 10.9. The molecule has 1 saturated heterocycles. The van der Waals surface area contributed by atoms with E-state index in [1.807, 2.05) is 4.90 Å². The third-order valence-electron chi connectivity index (χ3n) is 4.51. The lowest BCUT2D eigenvalue weighted by Crippen LogP contribution is -2.33. The molecule has 1 aromatic rings. The molecule has 2 fully saturated rings. The molecule has 0 atom stereocenters. The summed E-state index contributed by atoms with van der Waals surface area (Å²) in [6.07, 6.45) is 10.4.